The molecule has 1 rings (SSSR count). The molecule has 3 heteroatoms. The van der Waals surface area contributed by atoms with Gasteiger partial charge >= 0.3 is 0 Å². The number of hydrogen-bond donors (Lipinski definition) is 0. The van der Waals surface area contributed by atoms with E-state index in [1.54, 1.807) is 11.8 Å². The summed E-state index contributed by atoms with van der Waals surface area (Å²) in [5.41, 5.74) is 3.71. The summed E-state index contributed by atoms with van der Waals surface area (Å²) >= 11 is 1.64. The summed E-state index contributed by atoms with van der Waals surface area (Å²) in [7, 11) is -1.96. The van der Waals surface area contributed by atoms with E-state index < -0.39 is 17.0 Å². The molecule has 1 aromatic carbocycles. The molecule has 0 bridgehead atoms. The molecule has 1 nitrogen and oxygen atoms in total. The van der Waals surface area contributed by atoms with Gasteiger partial charge in [0.1, 0.15) is 0 Å². The fraction of sp³-hybridized carbons (Fsp3) is 0.500. The Morgan fingerprint density at radius 1 is 1.07 bits per heavy atom. The molecule has 1 atom stereocenters. The van der Waals surface area contributed by atoms with Crippen molar-refractivity contribution in [1.82, 2.24) is 0 Å². The van der Waals surface area contributed by atoms with Crippen LogP contribution in [0, 0.1) is 27.7 Å². The summed E-state index contributed by atoms with van der Waals surface area (Å²) < 4.78 is 34.2. The van der Waals surface area contributed by atoms with Gasteiger partial charge in [-0.15, -0.1) is 11.8 Å². The number of thioether (sulfide) groups is 1. The maximum Gasteiger partial charge on any atom is 0.0503 e. The number of rotatable bonds is 2. The minimum absolute atomic E-state index is 0.475. The largest absolute Gasteiger partial charge is 0.255 e. The van der Waals surface area contributed by atoms with Gasteiger partial charge in [-0.1, -0.05) is 0 Å². The van der Waals surface area contributed by atoms with Crippen molar-refractivity contribution in [2.45, 2.75) is 37.5 Å². The Morgan fingerprint density at radius 3 is 1.87 bits per heavy atom. The van der Waals surface area contributed by atoms with E-state index in [4.69, 9.17) is 4.11 Å². The van der Waals surface area contributed by atoms with Gasteiger partial charge in [0, 0.05) is 20.1 Å². The summed E-state index contributed by atoms with van der Waals surface area (Å²) in [5.74, 6) is 0. The second-order valence-corrected chi connectivity index (χ2v) is 5.39. The highest BCUT2D eigenvalue weighted by atomic mass is 32.2. The monoisotopic (exact) mass is 245 g/mol. The molecule has 0 heterocycles. The average Bonchev–Trinajstić information content (AvgIpc) is 2.26. The van der Waals surface area contributed by atoms with E-state index in [-0.39, 0.29) is 0 Å². The molecule has 0 aliphatic rings. The highest BCUT2D eigenvalue weighted by Crippen LogP contribution is 2.33. The first-order valence-electron chi connectivity index (χ1n) is 6.19. The van der Waals surface area contributed by atoms with Gasteiger partial charge in [0.25, 0.3) is 0 Å². The van der Waals surface area contributed by atoms with Gasteiger partial charge in [0.05, 0.1) is 10.8 Å². The van der Waals surface area contributed by atoms with Crippen molar-refractivity contribution in [2.24, 2.45) is 0 Å². The van der Waals surface area contributed by atoms with Crippen molar-refractivity contribution < 1.29 is 8.32 Å². The van der Waals surface area contributed by atoms with Crippen LogP contribution >= 0.6 is 11.8 Å². The van der Waals surface area contributed by atoms with Crippen molar-refractivity contribution in [2.75, 3.05) is 12.4 Å². The molecule has 0 fully saturated rings. The Kier molecular flexibility index (Phi) is 2.77. The fourth-order valence-electron chi connectivity index (χ4n) is 1.83. The second kappa shape index (κ2) is 4.71. The van der Waals surface area contributed by atoms with Gasteiger partial charge < -0.3 is 0 Å². The molecule has 84 valence electrons. The van der Waals surface area contributed by atoms with Crippen molar-refractivity contribution in [1.29, 1.82) is 0 Å². The molecule has 0 N–H and O–H groups in total. The van der Waals surface area contributed by atoms with Crippen molar-refractivity contribution in [3.63, 3.8) is 0 Å². The van der Waals surface area contributed by atoms with E-state index in [9.17, 15) is 4.21 Å². The molecule has 0 radical (unpaired) electrons. The molecule has 0 aliphatic heterocycles. The van der Waals surface area contributed by atoms with Crippen LogP contribution in [-0.2, 0) is 10.8 Å². The lowest BCUT2D eigenvalue weighted by Crippen LogP contribution is -2.03. The third kappa shape index (κ3) is 2.13. The van der Waals surface area contributed by atoms with Crippen molar-refractivity contribution >= 4 is 22.6 Å². The summed E-state index contributed by atoms with van der Waals surface area (Å²) in [4.78, 5) is 1.62. The van der Waals surface area contributed by atoms with E-state index in [0.717, 1.165) is 27.1 Å². The molecule has 0 amide bonds. The van der Waals surface area contributed by atoms with Crippen molar-refractivity contribution in [3.05, 3.63) is 22.3 Å². The molecule has 15 heavy (non-hydrogen) atoms. The average molecular weight is 245 g/mol. The third-order valence-electron chi connectivity index (χ3n) is 2.88. The summed E-state index contributed by atoms with van der Waals surface area (Å²) in [5, 5.41) is 0. The normalized spacial score (nSPS) is 16.7. The zero-order chi connectivity index (χ0) is 14.2. The molecular formula is C12H18OS2. The van der Waals surface area contributed by atoms with Gasteiger partial charge in [-0.2, -0.15) is 0 Å². The van der Waals surface area contributed by atoms with Gasteiger partial charge in [-0.3, -0.25) is 4.21 Å². The van der Waals surface area contributed by atoms with Crippen LogP contribution in [0.5, 0.6) is 0 Å². The lowest BCUT2D eigenvalue weighted by molar-refractivity contribution is 0.685. The Balaban J connectivity index is 3.63. The van der Waals surface area contributed by atoms with E-state index in [1.165, 1.54) is 0 Å². The van der Waals surface area contributed by atoms with E-state index in [1.807, 2.05) is 34.0 Å². The third-order valence-corrected chi connectivity index (χ3v) is 4.88. The molecule has 0 spiro atoms. The minimum Gasteiger partial charge on any atom is -0.255 e. The lowest BCUT2D eigenvalue weighted by Gasteiger charge is -2.17. The summed E-state index contributed by atoms with van der Waals surface area (Å²) in [6.45, 7) is 7.60. The summed E-state index contributed by atoms with van der Waals surface area (Å²) in [6.07, 6.45) is -0.468. The Labute approximate surface area is 103 Å². The molecular weight excluding hydrogens is 224 g/mol. The van der Waals surface area contributed by atoms with Gasteiger partial charge in [-0.25, -0.2) is 0 Å². The fourth-order valence-corrected chi connectivity index (χ4v) is 3.61. The molecule has 1 unspecified atom stereocenters. The Hall–Kier alpha value is -0.280. The van der Waals surface area contributed by atoms with Crippen LogP contribution in [0.15, 0.2) is 9.79 Å². The standard InChI is InChI=1S/C12H18OS2/c1-7-9(3)12(15(6)13)10(4)8(2)11(7)14-5/h1-6H3/i6D3. The minimum atomic E-state index is -2.46. The van der Waals surface area contributed by atoms with Crippen molar-refractivity contribution in [3.8, 4) is 0 Å². The van der Waals surface area contributed by atoms with Crippen LogP contribution in [-0.4, -0.2) is 16.6 Å². The predicted molar refractivity (Wildman–Crippen MR) is 69.5 cm³/mol. The van der Waals surface area contributed by atoms with Crippen LogP contribution in [0.25, 0.3) is 0 Å². The van der Waals surface area contributed by atoms with Crippen LogP contribution in [0.4, 0.5) is 0 Å². The maximum absolute atomic E-state index is 12.2. The van der Waals surface area contributed by atoms with Crippen LogP contribution < -0.4 is 0 Å². The predicted octanol–water partition coefficient (Wildman–Crippen LogP) is 3.38. The zero-order valence-electron chi connectivity index (χ0n) is 12.7. The molecule has 0 aliphatic carbocycles. The van der Waals surface area contributed by atoms with E-state index >= 15 is 0 Å². The first kappa shape index (κ1) is 8.82. The highest BCUT2D eigenvalue weighted by molar-refractivity contribution is 7.98. The molecule has 0 saturated heterocycles. The van der Waals surface area contributed by atoms with Crippen LogP contribution in [0.2, 0.25) is 0 Å². The van der Waals surface area contributed by atoms with Crippen LogP contribution in [0.1, 0.15) is 26.4 Å². The maximum atomic E-state index is 12.2. The first-order valence-corrected chi connectivity index (χ1v) is 7.06. The molecule has 0 saturated carbocycles. The van der Waals surface area contributed by atoms with E-state index in [2.05, 4.69) is 0 Å². The van der Waals surface area contributed by atoms with Gasteiger partial charge in [0.2, 0.25) is 0 Å². The van der Waals surface area contributed by atoms with Gasteiger partial charge in [-0.05, 0) is 56.2 Å². The topological polar surface area (TPSA) is 17.1 Å². The summed E-state index contributed by atoms with van der Waals surface area (Å²) in [6, 6.07) is 0. The van der Waals surface area contributed by atoms with Gasteiger partial charge in [0.15, 0.2) is 0 Å². The number of benzene rings is 1. The number of hydrogen-bond acceptors (Lipinski definition) is 2. The van der Waals surface area contributed by atoms with E-state index in [0.29, 0.717) is 4.90 Å². The Bertz CT molecular complexity index is 478. The molecule has 0 aromatic heterocycles. The molecule has 1 aromatic rings. The highest BCUT2D eigenvalue weighted by Gasteiger charge is 2.15. The smallest absolute Gasteiger partial charge is 0.0503 e. The van der Waals surface area contributed by atoms with Crippen LogP contribution in [0.3, 0.4) is 0 Å². The first-order chi connectivity index (χ1) is 8.12. The lowest BCUT2D eigenvalue weighted by atomic mass is 10.0. The second-order valence-electron chi connectivity index (χ2n) is 3.63. The Morgan fingerprint density at radius 2 is 1.53 bits per heavy atom. The zero-order valence-corrected chi connectivity index (χ0v) is 11.4. The quantitative estimate of drug-likeness (QED) is 0.743. The SMILES string of the molecule is [2H]C([2H])([2H])S(=O)c1c(C)c(C)c(SC)c(C)c1C.